The third kappa shape index (κ3) is 5.07. The second-order valence-electron chi connectivity index (χ2n) is 5.63. The number of benzene rings is 1. The summed E-state index contributed by atoms with van der Waals surface area (Å²) < 4.78 is 64.7. The number of hydrogen-bond donors (Lipinski definition) is 0. The first-order valence-corrected chi connectivity index (χ1v) is 9.13. The van der Waals surface area contributed by atoms with Gasteiger partial charge in [-0.05, 0) is 29.5 Å². The number of rotatable bonds is 5. The van der Waals surface area contributed by atoms with Crippen LogP contribution in [0.25, 0.3) is 0 Å². The lowest BCUT2D eigenvalue weighted by molar-refractivity contribution is -0.547. The molecular formula is C14H17F3N4O5S. The van der Waals surface area contributed by atoms with E-state index in [0.717, 1.165) is 34.5 Å². The molecule has 0 saturated carbocycles. The fraction of sp³-hybridized carbons (Fsp3) is 0.500. The van der Waals surface area contributed by atoms with Gasteiger partial charge in [-0.2, -0.15) is 17.5 Å². The van der Waals surface area contributed by atoms with E-state index in [1.54, 1.807) is 0 Å². The van der Waals surface area contributed by atoms with Gasteiger partial charge in [0.05, 0.1) is 17.1 Å². The average Bonchev–Trinajstić information content (AvgIpc) is 2.61. The highest BCUT2D eigenvalue weighted by Crippen LogP contribution is 2.31. The van der Waals surface area contributed by atoms with Crippen LogP contribution >= 0.6 is 0 Å². The van der Waals surface area contributed by atoms with Gasteiger partial charge in [0.2, 0.25) is 10.0 Å². The number of carbonyl (C=O) groups excluding carboxylic acids is 1. The summed E-state index contributed by atoms with van der Waals surface area (Å²) in [4.78, 5) is 16.9. The van der Waals surface area contributed by atoms with Gasteiger partial charge in [0, 0.05) is 13.1 Å². The van der Waals surface area contributed by atoms with Crippen LogP contribution in [0.15, 0.2) is 34.4 Å². The van der Waals surface area contributed by atoms with Crippen LogP contribution in [0.3, 0.4) is 0 Å². The number of sulfonamides is 1. The first kappa shape index (κ1) is 20.9. The number of amides is 1. The highest BCUT2D eigenvalue weighted by Gasteiger charge is 2.35. The Hall–Kier alpha value is -2.41. The molecule has 1 aromatic carbocycles. The van der Waals surface area contributed by atoms with Gasteiger partial charge in [0.1, 0.15) is 7.11 Å². The molecule has 0 N–H and O–H groups in total. The molecule has 0 radical (unpaired) electrons. The van der Waals surface area contributed by atoms with Crippen molar-refractivity contribution in [1.82, 2.24) is 9.21 Å². The van der Waals surface area contributed by atoms with Gasteiger partial charge in [-0.25, -0.2) is 8.42 Å². The smallest absolute Gasteiger partial charge is 0.416 e. The van der Waals surface area contributed by atoms with Crippen molar-refractivity contribution in [1.29, 1.82) is 0 Å². The number of hydroxylamine groups is 1. The molecule has 0 aromatic heterocycles. The minimum Gasteiger partial charge on any atom is -0.597 e. The van der Waals surface area contributed by atoms with E-state index in [1.807, 2.05) is 0 Å². The van der Waals surface area contributed by atoms with Crippen LogP contribution in [0.4, 0.5) is 13.2 Å². The molecule has 13 heteroatoms. The Kier molecular flexibility index (Phi) is 6.26. The molecule has 0 atom stereocenters. The van der Waals surface area contributed by atoms with Crippen molar-refractivity contribution >= 4 is 15.9 Å². The zero-order valence-corrected chi connectivity index (χ0v) is 15.0. The van der Waals surface area contributed by atoms with Crippen molar-refractivity contribution in [2.24, 2.45) is 5.28 Å². The Labute approximate surface area is 153 Å². The van der Waals surface area contributed by atoms with Crippen LogP contribution in [0.5, 0.6) is 0 Å². The number of alkyl halides is 3. The maximum Gasteiger partial charge on any atom is 0.416 e. The molecule has 0 aliphatic carbocycles. The fourth-order valence-electron chi connectivity index (χ4n) is 2.49. The summed E-state index contributed by atoms with van der Waals surface area (Å²) >= 11 is 0. The highest BCUT2D eigenvalue weighted by molar-refractivity contribution is 7.89. The molecule has 0 spiro atoms. The van der Waals surface area contributed by atoms with Crippen molar-refractivity contribution in [3.8, 4) is 0 Å². The molecule has 1 aromatic rings. The lowest BCUT2D eigenvalue weighted by atomic mass is 10.2. The molecule has 1 aliphatic rings. The molecule has 1 saturated heterocycles. The van der Waals surface area contributed by atoms with E-state index in [1.165, 1.54) is 0 Å². The third-order valence-electron chi connectivity index (χ3n) is 3.76. The van der Waals surface area contributed by atoms with Crippen LogP contribution in [0.1, 0.15) is 12.0 Å². The van der Waals surface area contributed by atoms with Gasteiger partial charge in [-0.3, -0.25) is 4.79 Å². The Morgan fingerprint density at radius 1 is 1.37 bits per heavy atom. The second kappa shape index (κ2) is 8.08. The molecule has 150 valence electrons. The first-order chi connectivity index (χ1) is 12.6. The molecule has 1 fully saturated rings. The van der Waals surface area contributed by atoms with Gasteiger partial charge < -0.3 is 14.9 Å². The molecule has 1 heterocycles. The predicted octanol–water partition coefficient (Wildman–Crippen LogP) is 1.41. The Morgan fingerprint density at radius 2 is 2.07 bits per heavy atom. The van der Waals surface area contributed by atoms with Crippen LogP contribution in [0, 0.1) is 5.21 Å². The summed E-state index contributed by atoms with van der Waals surface area (Å²) in [6.07, 6.45) is -4.41. The molecule has 0 unspecified atom stereocenters. The molecule has 27 heavy (non-hydrogen) atoms. The van der Waals surface area contributed by atoms with Crippen molar-refractivity contribution < 1.29 is 36.1 Å². The molecule has 9 nitrogen and oxygen atoms in total. The SMILES string of the molecule is CO/N=[N+](\[O-])CC(=O)N1CCCN(S(=O)(=O)c2cccc(C(F)(F)F)c2)C1. The van der Waals surface area contributed by atoms with Crippen LogP contribution in [0.2, 0.25) is 0 Å². The highest BCUT2D eigenvalue weighted by atomic mass is 32.2. The summed E-state index contributed by atoms with van der Waals surface area (Å²) in [7, 11) is -3.13. The number of hydrogen-bond acceptors (Lipinski definition) is 6. The van der Waals surface area contributed by atoms with E-state index in [-0.39, 0.29) is 31.0 Å². The van der Waals surface area contributed by atoms with E-state index < -0.39 is 39.1 Å². The standard InChI is InChI=1S/C14H17F3N4O5S/c1-26-18-21(23)9-13(22)19-6-3-7-20(10-19)27(24,25)12-5-2-4-11(8-12)14(15,16)17/h2,4-5,8H,3,6-7,9-10H2,1H3/b21-18-. The summed E-state index contributed by atoms with van der Waals surface area (Å²) in [5.74, 6) is -0.685. The number of nitrogens with zero attached hydrogens (tertiary/aromatic N) is 4. The Bertz CT molecular complexity index is 828. The second-order valence-corrected chi connectivity index (χ2v) is 7.57. The quantitative estimate of drug-likeness (QED) is 0.415. The zero-order chi connectivity index (χ0) is 20.2. The van der Waals surface area contributed by atoms with E-state index >= 15 is 0 Å². The minimum atomic E-state index is -4.68. The largest absolute Gasteiger partial charge is 0.597 e. The number of carbonyl (C=O) groups is 1. The van der Waals surface area contributed by atoms with E-state index in [2.05, 4.69) is 10.1 Å². The van der Waals surface area contributed by atoms with Crippen LogP contribution in [-0.4, -0.2) is 61.8 Å². The third-order valence-corrected chi connectivity index (χ3v) is 5.59. The maximum atomic E-state index is 12.8. The fourth-order valence-corrected chi connectivity index (χ4v) is 3.97. The van der Waals surface area contributed by atoms with Crippen LogP contribution in [-0.2, 0) is 25.8 Å². The molecule has 0 bridgehead atoms. The minimum absolute atomic E-state index is 0.00256. The zero-order valence-electron chi connectivity index (χ0n) is 14.2. The summed E-state index contributed by atoms with van der Waals surface area (Å²) in [6, 6.07) is 3.38. The van der Waals surface area contributed by atoms with Gasteiger partial charge in [0.15, 0.2) is 5.28 Å². The maximum absolute atomic E-state index is 12.8. The van der Waals surface area contributed by atoms with Gasteiger partial charge in [-0.15, -0.1) is 0 Å². The molecule has 1 amide bonds. The lowest BCUT2D eigenvalue weighted by Gasteiger charge is -2.34. The predicted molar refractivity (Wildman–Crippen MR) is 84.5 cm³/mol. The summed E-state index contributed by atoms with van der Waals surface area (Å²) in [5, 5.41) is 14.3. The van der Waals surface area contributed by atoms with Crippen molar-refractivity contribution in [2.45, 2.75) is 17.5 Å². The summed E-state index contributed by atoms with van der Waals surface area (Å²) in [6.45, 7) is -0.816. The van der Waals surface area contributed by atoms with E-state index in [0.29, 0.717) is 6.07 Å². The topological polar surface area (TPSA) is 105 Å². The Morgan fingerprint density at radius 3 is 2.70 bits per heavy atom. The Balaban J connectivity index is 2.19. The van der Waals surface area contributed by atoms with Gasteiger partial charge in [0.25, 0.3) is 12.5 Å². The monoisotopic (exact) mass is 410 g/mol. The van der Waals surface area contributed by atoms with E-state index in [9.17, 15) is 31.6 Å². The van der Waals surface area contributed by atoms with Gasteiger partial charge >= 0.3 is 6.18 Å². The number of halogens is 3. The average molecular weight is 410 g/mol. The first-order valence-electron chi connectivity index (χ1n) is 7.69. The van der Waals surface area contributed by atoms with Crippen molar-refractivity contribution in [3.63, 3.8) is 0 Å². The molecule has 1 aliphatic heterocycles. The van der Waals surface area contributed by atoms with Crippen LogP contribution < -0.4 is 0 Å². The van der Waals surface area contributed by atoms with Gasteiger partial charge in [-0.1, -0.05) is 6.07 Å². The van der Waals surface area contributed by atoms with Crippen molar-refractivity contribution in [2.75, 3.05) is 33.4 Å². The molecule has 2 rings (SSSR count). The molecular weight excluding hydrogens is 393 g/mol. The normalized spacial score (nSPS) is 17.0. The van der Waals surface area contributed by atoms with E-state index in [4.69, 9.17) is 0 Å². The summed E-state index contributed by atoms with van der Waals surface area (Å²) in [5.41, 5.74) is -1.09. The lowest BCUT2D eigenvalue weighted by Crippen LogP contribution is -2.51. The van der Waals surface area contributed by atoms with Crippen molar-refractivity contribution in [3.05, 3.63) is 35.0 Å².